The molecule has 5 nitrogen and oxygen atoms in total. The highest BCUT2D eigenvalue weighted by atomic mass is 16.2. The SMILES string of the molecule is Cc1nn(CC(C)C)c(C)c1CCC(=O)N1CCCN(CCCc2ccccc2)CC1. The predicted octanol–water partition coefficient (Wildman–Crippen LogP) is 4.26. The molecule has 0 bridgehead atoms. The fourth-order valence-corrected chi connectivity index (χ4v) is 4.60. The third-order valence-electron chi connectivity index (χ3n) is 6.38. The van der Waals surface area contributed by atoms with Crippen molar-refractivity contribution >= 4 is 5.91 Å². The van der Waals surface area contributed by atoms with Crippen LogP contribution in [0.1, 0.15) is 55.6 Å². The number of rotatable bonds is 9. The highest BCUT2D eigenvalue weighted by molar-refractivity contribution is 5.76. The molecular formula is C26H40N4O. The molecule has 5 heteroatoms. The van der Waals surface area contributed by atoms with Crippen LogP contribution in [0.4, 0.5) is 0 Å². The van der Waals surface area contributed by atoms with Crippen LogP contribution in [0.15, 0.2) is 30.3 Å². The average molecular weight is 425 g/mol. The van der Waals surface area contributed by atoms with Gasteiger partial charge in [-0.2, -0.15) is 5.10 Å². The van der Waals surface area contributed by atoms with Gasteiger partial charge in [-0.05, 0) is 69.7 Å². The van der Waals surface area contributed by atoms with Crippen molar-refractivity contribution in [3.8, 4) is 0 Å². The second-order valence-electron chi connectivity index (χ2n) is 9.39. The molecule has 31 heavy (non-hydrogen) atoms. The zero-order chi connectivity index (χ0) is 22.2. The number of aromatic nitrogens is 2. The molecule has 1 aliphatic heterocycles. The van der Waals surface area contributed by atoms with Gasteiger partial charge in [-0.3, -0.25) is 9.48 Å². The molecule has 0 N–H and O–H groups in total. The number of nitrogens with zero attached hydrogens (tertiary/aromatic N) is 4. The Labute approximate surface area is 188 Å². The van der Waals surface area contributed by atoms with Gasteiger partial charge in [0, 0.05) is 38.3 Å². The molecule has 0 spiro atoms. The molecule has 0 aliphatic carbocycles. The molecule has 0 unspecified atom stereocenters. The van der Waals surface area contributed by atoms with Crippen LogP contribution in [-0.2, 0) is 24.2 Å². The van der Waals surface area contributed by atoms with Crippen molar-refractivity contribution in [2.45, 2.75) is 66.3 Å². The highest BCUT2D eigenvalue weighted by Crippen LogP contribution is 2.17. The summed E-state index contributed by atoms with van der Waals surface area (Å²) in [6.07, 6.45) is 4.76. The van der Waals surface area contributed by atoms with E-state index in [0.717, 1.165) is 64.2 Å². The van der Waals surface area contributed by atoms with Gasteiger partial charge in [0.15, 0.2) is 0 Å². The lowest BCUT2D eigenvalue weighted by atomic mass is 10.1. The van der Waals surface area contributed by atoms with Crippen molar-refractivity contribution < 1.29 is 4.79 Å². The summed E-state index contributed by atoms with van der Waals surface area (Å²) in [7, 11) is 0. The lowest BCUT2D eigenvalue weighted by molar-refractivity contribution is -0.131. The molecule has 3 rings (SSSR count). The topological polar surface area (TPSA) is 41.4 Å². The molecule has 1 saturated heterocycles. The van der Waals surface area contributed by atoms with Crippen molar-refractivity contribution in [2.24, 2.45) is 5.92 Å². The molecule has 2 heterocycles. The molecule has 2 aromatic rings. The molecule has 0 atom stereocenters. The Morgan fingerprint density at radius 3 is 2.55 bits per heavy atom. The van der Waals surface area contributed by atoms with Crippen molar-refractivity contribution in [2.75, 3.05) is 32.7 Å². The van der Waals surface area contributed by atoms with Gasteiger partial charge in [0.1, 0.15) is 0 Å². The lowest BCUT2D eigenvalue weighted by Gasteiger charge is -2.22. The minimum Gasteiger partial charge on any atom is -0.341 e. The lowest BCUT2D eigenvalue weighted by Crippen LogP contribution is -2.35. The molecule has 170 valence electrons. The van der Waals surface area contributed by atoms with Crippen molar-refractivity contribution in [1.82, 2.24) is 19.6 Å². The van der Waals surface area contributed by atoms with Crippen LogP contribution in [0.3, 0.4) is 0 Å². The Balaban J connectivity index is 1.44. The summed E-state index contributed by atoms with van der Waals surface area (Å²) in [4.78, 5) is 17.5. The number of aryl methyl sites for hydroxylation is 2. The van der Waals surface area contributed by atoms with Crippen molar-refractivity contribution in [1.29, 1.82) is 0 Å². The largest absolute Gasteiger partial charge is 0.341 e. The fraction of sp³-hybridized carbons (Fsp3) is 0.615. The van der Waals surface area contributed by atoms with E-state index in [1.807, 2.05) is 0 Å². The predicted molar refractivity (Wildman–Crippen MR) is 127 cm³/mol. The van der Waals surface area contributed by atoms with Gasteiger partial charge >= 0.3 is 0 Å². The van der Waals surface area contributed by atoms with Crippen LogP contribution in [0.5, 0.6) is 0 Å². The third-order valence-corrected chi connectivity index (χ3v) is 6.38. The summed E-state index contributed by atoms with van der Waals surface area (Å²) in [5.41, 5.74) is 4.97. The van der Waals surface area contributed by atoms with Gasteiger partial charge in [0.2, 0.25) is 5.91 Å². The smallest absolute Gasteiger partial charge is 0.222 e. The number of hydrogen-bond acceptors (Lipinski definition) is 3. The first-order valence-electron chi connectivity index (χ1n) is 12.0. The maximum absolute atomic E-state index is 12.9. The zero-order valence-corrected chi connectivity index (χ0v) is 19.9. The van der Waals surface area contributed by atoms with Crippen LogP contribution in [0.2, 0.25) is 0 Å². The third kappa shape index (κ3) is 6.93. The van der Waals surface area contributed by atoms with Crippen molar-refractivity contribution in [3.05, 3.63) is 52.8 Å². The maximum Gasteiger partial charge on any atom is 0.222 e. The van der Waals surface area contributed by atoms with Gasteiger partial charge in [-0.1, -0.05) is 44.2 Å². The average Bonchev–Trinajstić information content (AvgIpc) is 2.90. The van der Waals surface area contributed by atoms with Gasteiger partial charge in [-0.15, -0.1) is 0 Å². The first kappa shape index (κ1) is 23.5. The van der Waals surface area contributed by atoms with E-state index in [9.17, 15) is 4.79 Å². The van der Waals surface area contributed by atoms with Gasteiger partial charge in [0.05, 0.1) is 5.69 Å². The second kappa shape index (κ2) is 11.5. The minimum absolute atomic E-state index is 0.293. The van der Waals surface area contributed by atoms with Crippen molar-refractivity contribution in [3.63, 3.8) is 0 Å². The van der Waals surface area contributed by atoms with E-state index in [2.05, 4.69) is 72.5 Å². The van der Waals surface area contributed by atoms with E-state index in [1.54, 1.807) is 0 Å². The molecular weight excluding hydrogens is 384 g/mol. The Morgan fingerprint density at radius 1 is 1.03 bits per heavy atom. The summed E-state index contributed by atoms with van der Waals surface area (Å²) in [5, 5.41) is 4.70. The van der Waals surface area contributed by atoms with Crippen LogP contribution < -0.4 is 0 Å². The van der Waals surface area contributed by atoms with E-state index >= 15 is 0 Å². The molecule has 1 amide bonds. The number of amides is 1. The first-order valence-corrected chi connectivity index (χ1v) is 12.0. The molecule has 1 fully saturated rings. The molecule has 1 aromatic carbocycles. The fourth-order valence-electron chi connectivity index (χ4n) is 4.60. The first-order chi connectivity index (χ1) is 14.9. The van der Waals surface area contributed by atoms with E-state index < -0.39 is 0 Å². The summed E-state index contributed by atoms with van der Waals surface area (Å²) in [5.74, 6) is 0.863. The molecule has 1 aromatic heterocycles. The van der Waals surface area contributed by atoms with E-state index in [0.29, 0.717) is 18.2 Å². The normalized spacial score (nSPS) is 15.5. The van der Waals surface area contributed by atoms with E-state index in [4.69, 9.17) is 5.10 Å². The maximum atomic E-state index is 12.9. The second-order valence-corrected chi connectivity index (χ2v) is 9.39. The zero-order valence-electron chi connectivity index (χ0n) is 19.9. The van der Waals surface area contributed by atoms with E-state index in [-0.39, 0.29) is 0 Å². The monoisotopic (exact) mass is 424 g/mol. The van der Waals surface area contributed by atoms with Crippen LogP contribution >= 0.6 is 0 Å². The summed E-state index contributed by atoms with van der Waals surface area (Å²) in [6, 6.07) is 10.7. The molecule has 0 radical (unpaired) electrons. The number of benzene rings is 1. The Bertz CT molecular complexity index is 827. The van der Waals surface area contributed by atoms with E-state index in [1.165, 1.54) is 23.2 Å². The van der Waals surface area contributed by atoms with Gasteiger partial charge < -0.3 is 9.80 Å². The minimum atomic E-state index is 0.293. The van der Waals surface area contributed by atoms with Crippen LogP contribution in [0.25, 0.3) is 0 Å². The Morgan fingerprint density at radius 2 is 1.81 bits per heavy atom. The van der Waals surface area contributed by atoms with Gasteiger partial charge in [0.25, 0.3) is 0 Å². The number of hydrogen-bond donors (Lipinski definition) is 0. The molecule has 1 aliphatic rings. The summed E-state index contributed by atoms with van der Waals surface area (Å²) < 4.78 is 2.11. The standard InChI is InChI=1S/C26H40N4O/c1-21(2)20-30-23(4)25(22(3)27-30)13-14-26(31)29-17-9-16-28(18-19-29)15-8-12-24-10-6-5-7-11-24/h5-7,10-11,21H,8-9,12-20H2,1-4H3. The summed E-state index contributed by atoms with van der Waals surface area (Å²) in [6.45, 7) is 14.5. The van der Waals surface area contributed by atoms with Crippen LogP contribution in [0, 0.1) is 19.8 Å². The Hall–Kier alpha value is -2.14. The number of carbonyl (C=O) groups is 1. The number of carbonyl (C=O) groups excluding carboxylic acids is 1. The molecule has 0 saturated carbocycles. The highest BCUT2D eigenvalue weighted by Gasteiger charge is 2.20. The van der Waals surface area contributed by atoms with Crippen LogP contribution in [-0.4, -0.2) is 58.2 Å². The quantitative estimate of drug-likeness (QED) is 0.604. The van der Waals surface area contributed by atoms with Gasteiger partial charge in [-0.25, -0.2) is 0 Å². The summed E-state index contributed by atoms with van der Waals surface area (Å²) >= 11 is 0. The Kier molecular flexibility index (Phi) is 8.70.